The SMILES string of the molecule is COc1ncnc(SCC(NC(C)=O)C(=O)O)c1[N+](=O)[O-]. The molecule has 1 unspecified atom stereocenters. The molecule has 0 aliphatic rings. The zero-order valence-electron chi connectivity index (χ0n) is 11.1. The molecule has 0 aliphatic heterocycles. The molecule has 0 fully saturated rings. The molecule has 2 N–H and O–H groups in total. The van der Waals surface area contributed by atoms with E-state index in [9.17, 15) is 19.7 Å². The monoisotopic (exact) mass is 316 g/mol. The van der Waals surface area contributed by atoms with E-state index in [0.717, 1.165) is 18.1 Å². The summed E-state index contributed by atoms with van der Waals surface area (Å²) >= 11 is 0.815. The summed E-state index contributed by atoms with van der Waals surface area (Å²) in [6.07, 6.45) is 1.07. The summed E-state index contributed by atoms with van der Waals surface area (Å²) in [4.78, 5) is 39.5. The third-order valence-electron chi connectivity index (χ3n) is 2.19. The summed E-state index contributed by atoms with van der Waals surface area (Å²) < 4.78 is 4.77. The van der Waals surface area contributed by atoms with Gasteiger partial charge in [0.05, 0.1) is 12.0 Å². The molecule has 0 aliphatic carbocycles. The highest BCUT2D eigenvalue weighted by Gasteiger charge is 2.26. The van der Waals surface area contributed by atoms with Gasteiger partial charge >= 0.3 is 11.7 Å². The fourth-order valence-corrected chi connectivity index (χ4v) is 2.31. The maximum absolute atomic E-state index is 11.0. The fraction of sp³-hybridized carbons (Fsp3) is 0.400. The van der Waals surface area contributed by atoms with Gasteiger partial charge in [0.2, 0.25) is 5.91 Å². The van der Waals surface area contributed by atoms with Gasteiger partial charge in [-0.3, -0.25) is 14.9 Å². The maximum atomic E-state index is 11.0. The first-order chi connectivity index (χ1) is 9.86. The van der Waals surface area contributed by atoms with Crippen LogP contribution in [0.1, 0.15) is 6.92 Å². The Kier molecular flexibility index (Phi) is 5.84. The molecule has 1 aromatic heterocycles. The number of hydrogen-bond donors (Lipinski definition) is 2. The lowest BCUT2D eigenvalue weighted by Crippen LogP contribution is -2.41. The Hall–Kier alpha value is -2.43. The van der Waals surface area contributed by atoms with Crippen LogP contribution in [-0.2, 0) is 9.59 Å². The second-order valence-electron chi connectivity index (χ2n) is 3.70. The standard InChI is InChI=1S/C10H12N4O6S/c1-5(15)13-6(10(16)17)3-21-9-7(14(18)19)8(20-2)11-4-12-9/h4,6H,3H2,1-2H3,(H,13,15)(H,16,17). The molecule has 10 nitrogen and oxygen atoms in total. The van der Waals surface area contributed by atoms with E-state index in [1.807, 2.05) is 0 Å². The molecule has 1 heterocycles. The molecule has 1 atom stereocenters. The number of aliphatic carboxylic acids is 1. The second-order valence-corrected chi connectivity index (χ2v) is 4.70. The largest absolute Gasteiger partial charge is 0.480 e. The third-order valence-corrected chi connectivity index (χ3v) is 3.27. The average Bonchev–Trinajstić information content (AvgIpc) is 2.41. The number of rotatable bonds is 7. The van der Waals surface area contributed by atoms with Gasteiger partial charge in [-0.05, 0) is 0 Å². The number of methoxy groups -OCH3 is 1. The lowest BCUT2D eigenvalue weighted by atomic mass is 10.3. The Morgan fingerprint density at radius 3 is 2.71 bits per heavy atom. The minimum atomic E-state index is -1.25. The van der Waals surface area contributed by atoms with E-state index in [0.29, 0.717) is 0 Å². The summed E-state index contributed by atoms with van der Waals surface area (Å²) in [6.45, 7) is 1.18. The molecule has 1 aromatic rings. The van der Waals surface area contributed by atoms with Crippen LogP contribution in [0.25, 0.3) is 0 Å². The van der Waals surface area contributed by atoms with Gasteiger partial charge in [-0.2, -0.15) is 4.98 Å². The molecule has 0 saturated heterocycles. The van der Waals surface area contributed by atoms with Gasteiger partial charge in [0.1, 0.15) is 12.4 Å². The number of nitrogens with one attached hydrogen (secondary N) is 1. The molecular formula is C10H12N4O6S. The number of nitrogens with zero attached hydrogens (tertiary/aromatic N) is 3. The number of ether oxygens (including phenoxy) is 1. The second kappa shape index (κ2) is 7.38. The number of carboxylic acids is 1. The van der Waals surface area contributed by atoms with Gasteiger partial charge in [-0.1, -0.05) is 11.8 Å². The third kappa shape index (κ3) is 4.56. The molecule has 0 aromatic carbocycles. The normalized spacial score (nSPS) is 11.5. The Balaban J connectivity index is 2.94. The van der Waals surface area contributed by atoms with Crippen LogP contribution in [-0.4, -0.2) is 50.8 Å². The quantitative estimate of drug-likeness (QED) is 0.309. The Labute approximate surface area is 123 Å². The zero-order valence-corrected chi connectivity index (χ0v) is 11.9. The average molecular weight is 316 g/mol. The molecule has 0 saturated carbocycles. The highest BCUT2D eigenvalue weighted by molar-refractivity contribution is 7.99. The van der Waals surface area contributed by atoms with Crippen LogP contribution in [0.5, 0.6) is 5.88 Å². The molecule has 0 radical (unpaired) electrons. The number of amides is 1. The van der Waals surface area contributed by atoms with E-state index in [-0.39, 0.29) is 16.7 Å². The number of hydrogen-bond acceptors (Lipinski definition) is 8. The maximum Gasteiger partial charge on any atom is 0.362 e. The van der Waals surface area contributed by atoms with E-state index in [1.54, 1.807) is 0 Å². The molecule has 1 rings (SSSR count). The van der Waals surface area contributed by atoms with Crippen molar-refractivity contribution in [1.29, 1.82) is 0 Å². The number of carboxylic acid groups (broad SMARTS) is 1. The lowest BCUT2D eigenvalue weighted by molar-refractivity contribution is -0.389. The van der Waals surface area contributed by atoms with Crippen molar-refractivity contribution >= 4 is 29.3 Å². The van der Waals surface area contributed by atoms with Crippen molar-refractivity contribution in [3.05, 3.63) is 16.4 Å². The van der Waals surface area contributed by atoms with Crippen molar-refractivity contribution in [3.63, 3.8) is 0 Å². The van der Waals surface area contributed by atoms with Crippen LogP contribution in [0.3, 0.4) is 0 Å². The minimum absolute atomic E-state index is 0.0385. The van der Waals surface area contributed by atoms with Gasteiger partial charge < -0.3 is 15.2 Å². The number of thioether (sulfide) groups is 1. The van der Waals surface area contributed by atoms with Crippen LogP contribution in [0.4, 0.5) is 5.69 Å². The van der Waals surface area contributed by atoms with E-state index in [1.165, 1.54) is 14.0 Å². The molecule has 21 heavy (non-hydrogen) atoms. The lowest BCUT2D eigenvalue weighted by Gasteiger charge is -2.12. The number of carbonyl (C=O) groups is 2. The Morgan fingerprint density at radius 1 is 1.57 bits per heavy atom. The van der Waals surface area contributed by atoms with Gasteiger partial charge in [0, 0.05) is 12.7 Å². The topological polar surface area (TPSA) is 145 Å². The van der Waals surface area contributed by atoms with Crippen LogP contribution in [0.2, 0.25) is 0 Å². The van der Waals surface area contributed by atoms with E-state index < -0.39 is 28.5 Å². The zero-order chi connectivity index (χ0) is 16.0. The van der Waals surface area contributed by atoms with Crippen molar-refractivity contribution in [1.82, 2.24) is 15.3 Å². The molecular weight excluding hydrogens is 304 g/mol. The van der Waals surface area contributed by atoms with Gasteiger partial charge in [0.25, 0.3) is 5.88 Å². The van der Waals surface area contributed by atoms with Gasteiger partial charge in [-0.15, -0.1) is 0 Å². The van der Waals surface area contributed by atoms with Crippen LogP contribution in [0.15, 0.2) is 11.4 Å². The predicted molar refractivity (Wildman–Crippen MR) is 71.2 cm³/mol. The van der Waals surface area contributed by atoms with Crippen molar-refractivity contribution in [2.45, 2.75) is 18.0 Å². The summed E-state index contributed by atoms with van der Waals surface area (Å²) in [6, 6.07) is -1.19. The minimum Gasteiger partial charge on any atom is -0.480 e. The molecule has 0 bridgehead atoms. The molecule has 114 valence electrons. The highest BCUT2D eigenvalue weighted by atomic mass is 32.2. The first-order valence-electron chi connectivity index (χ1n) is 5.52. The van der Waals surface area contributed by atoms with Crippen molar-refractivity contribution < 1.29 is 24.4 Å². The molecule has 1 amide bonds. The molecule has 11 heteroatoms. The predicted octanol–water partition coefficient (Wildman–Crippen LogP) is 0.0748. The van der Waals surface area contributed by atoms with Gasteiger partial charge in [0.15, 0.2) is 5.03 Å². The first kappa shape index (κ1) is 16.6. The smallest absolute Gasteiger partial charge is 0.362 e. The Bertz CT molecular complexity index is 566. The van der Waals surface area contributed by atoms with Crippen LogP contribution >= 0.6 is 11.8 Å². The number of nitro groups is 1. The summed E-state index contributed by atoms with van der Waals surface area (Å²) in [5.74, 6) is -2.11. The highest BCUT2D eigenvalue weighted by Crippen LogP contribution is 2.33. The van der Waals surface area contributed by atoms with E-state index in [2.05, 4.69) is 15.3 Å². The van der Waals surface area contributed by atoms with Crippen LogP contribution < -0.4 is 10.1 Å². The van der Waals surface area contributed by atoms with Crippen LogP contribution in [0, 0.1) is 10.1 Å². The number of aromatic nitrogens is 2. The van der Waals surface area contributed by atoms with E-state index in [4.69, 9.17) is 9.84 Å². The number of carbonyl (C=O) groups excluding carboxylic acids is 1. The fourth-order valence-electron chi connectivity index (χ4n) is 1.34. The van der Waals surface area contributed by atoms with Gasteiger partial charge in [-0.25, -0.2) is 9.78 Å². The summed E-state index contributed by atoms with van der Waals surface area (Å²) in [5.41, 5.74) is -0.447. The summed E-state index contributed by atoms with van der Waals surface area (Å²) in [5, 5.41) is 22.1. The van der Waals surface area contributed by atoms with Crippen molar-refractivity contribution in [3.8, 4) is 5.88 Å². The van der Waals surface area contributed by atoms with Crippen molar-refractivity contribution in [2.75, 3.05) is 12.9 Å². The molecule has 0 spiro atoms. The van der Waals surface area contributed by atoms with Crippen molar-refractivity contribution in [2.24, 2.45) is 0 Å². The Morgan fingerprint density at radius 2 is 2.24 bits per heavy atom. The van der Waals surface area contributed by atoms with E-state index >= 15 is 0 Å². The first-order valence-corrected chi connectivity index (χ1v) is 6.51. The summed E-state index contributed by atoms with van der Waals surface area (Å²) in [7, 11) is 1.22.